The Morgan fingerprint density at radius 3 is 1.97 bits per heavy atom. The van der Waals surface area contributed by atoms with Crippen LogP contribution in [0, 0.1) is 25.7 Å². The van der Waals surface area contributed by atoms with Gasteiger partial charge in [0.05, 0.1) is 0 Å². The van der Waals surface area contributed by atoms with Gasteiger partial charge in [-0.1, -0.05) is 12.1 Å². The second kappa shape index (κ2) is 7.28. The predicted octanol–water partition coefficient (Wildman–Crippen LogP) is 2.47. The van der Waals surface area contributed by atoms with Crippen LogP contribution in [0.15, 0.2) is 36.4 Å². The number of rotatable bonds is 4. The zero-order chi connectivity index (χ0) is 20.8. The number of aliphatic hydroxyl groups is 1. The molecule has 8 heteroatoms. The molecule has 0 aromatic carbocycles. The van der Waals surface area contributed by atoms with Crippen LogP contribution < -0.4 is 0 Å². The van der Waals surface area contributed by atoms with E-state index >= 15 is 0 Å². The van der Waals surface area contributed by atoms with E-state index in [4.69, 9.17) is 5.11 Å². The van der Waals surface area contributed by atoms with Crippen molar-refractivity contribution in [2.24, 2.45) is 11.8 Å². The summed E-state index contributed by atoms with van der Waals surface area (Å²) in [7, 11) is 0. The van der Waals surface area contributed by atoms with Crippen molar-refractivity contribution >= 4 is 17.6 Å². The molecule has 2 fully saturated rings. The fourth-order valence-corrected chi connectivity index (χ4v) is 4.14. The molecule has 4 atom stereocenters. The number of aldehydes is 1. The topological polar surface area (TPSA) is 97.7 Å². The van der Waals surface area contributed by atoms with Crippen molar-refractivity contribution in [1.82, 2.24) is 29.2 Å². The lowest BCUT2D eigenvalue weighted by molar-refractivity contribution is -0.108. The SMILES string of the molecule is Cc1nc2cccc(C3CC3C=O)n2n1.Cc1nc2cccc(C3CC3CO)n2n1. The van der Waals surface area contributed by atoms with Gasteiger partial charge in [-0.2, -0.15) is 10.2 Å². The first-order valence-corrected chi connectivity index (χ1v) is 10.3. The molecule has 0 saturated heterocycles. The summed E-state index contributed by atoms with van der Waals surface area (Å²) in [6.07, 6.45) is 3.04. The molecule has 4 unspecified atom stereocenters. The fraction of sp³-hybridized carbons (Fsp3) is 0.409. The van der Waals surface area contributed by atoms with Crippen LogP contribution in [0.4, 0.5) is 0 Å². The molecule has 2 aliphatic rings. The van der Waals surface area contributed by atoms with Crippen LogP contribution in [0.1, 0.15) is 47.7 Å². The molecular formula is C22H24N6O2. The molecule has 2 aliphatic carbocycles. The van der Waals surface area contributed by atoms with Crippen molar-refractivity contribution in [3.63, 3.8) is 0 Å². The maximum Gasteiger partial charge on any atom is 0.155 e. The largest absolute Gasteiger partial charge is 0.396 e. The molecule has 0 spiro atoms. The molecule has 0 bridgehead atoms. The normalized spacial score (nSPS) is 24.5. The highest BCUT2D eigenvalue weighted by atomic mass is 16.3. The highest BCUT2D eigenvalue weighted by Gasteiger charge is 2.40. The van der Waals surface area contributed by atoms with Gasteiger partial charge < -0.3 is 9.90 Å². The summed E-state index contributed by atoms with van der Waals surface area (Å²) in [5.74, 6) is 2.96. The third-order valence-corrected chi connectivity index (χ3v) is 5.92. The first-order valence-electron chi connectivity index (χ1n) is 10.3. The molecule has 1 N–H and O–H groups in total. The van der Waals surface area contributed by atoms with Crippen LogP contribution in [0.5, 0.6) is 0 Å². The van der Waals surface area contributed by atoms with Gasteiger partial charge in [0, 0.05) is 35.7 Å². The van der Waals surface area contributed by atoms with E-state index in [9.17, 15) is 4.79 Å². The third-order valence-electron chi connectivity index (χ3n) is 5.92. The Labute approximate surface area is 173 Å². The lowest BCUT2D eigenvalue weighted by Gasteiger charge is -2.01. The number of aromatic nitrogens is 6. The Balaban J connectivity index is 0.000000128. The van der Waals surface area contributed by atoms with Gasteiger partial charge in [-0.25, -0.2) is 19.0 Å². The highest BCUT2D eigenvalue weighted by molar-refractivity contribution is 5.61. The molecule has 2 saturated carbocycles. The molecule has 0 aliphatic heterocycles. The van der Waals surface area contributed by atoms with Gasteiger partial charge in [0.1, 0.15) is 17.9 Å². The number of pyridine rings is 2. The van der Waals surface area contributed by atoms with Crippen molar-refractivity contribution < 1.29 is 9.90 Å². The monoisotopic (exact) mass is 404 g/mol. The van der Waals surface area contributed by atoms with E-state index in [1.807, 2.05) is 53.2 Å². The van der Waals surface area contributed by atoms with Gasteiger partial charge in [0.15, 0.2) is 11.3 Å². The first-order chi connectivity index (χ1) is 14.6. The smallest absolute Gasteiger partial charge is 0.155 e. The standard InChI is InChI=1S/C11H13N3O.C11H11N3O/c2*1-7-12-11-4-2-3-10(14(11)13-7)9-5-8(9)6-15/h2-4,8-9,15H,5-6H2,1H3;2-4,6,8-9H,5H2,1H3. The number of fused-ring (bicyclic) bond motifs is 2. The minimum Gasteiger partial charge on any atom is -0.396 e. The molecule has 4 aromatic heterocycles. The number of hydrogen-bond donors (Lipinski definition) is 1. The predicted molar refractivity (Wildman–Crippen MR) is 110 cm³/mol. The van der Waals surface area contributed by atoms with Gasteiger partial charge in [-0.05, 0) is 56.9 Å². The van der Waals surface area contributed by atoms with E-state index in [0.29, 0.717) is 17.8 Å². The van der Waals surface area contributed by atoms with Crippen LogP contribution in [0.25, 0.3) is 11.3 Å². The molecule has 0 radical (unpaired) electrons. The number of nitrogens with zero attached hydrogens (tertiary/aromatic N) is 6. The minimum absolute atomic E-state index is 0.181. The highest BCUT2D eigenvalue weighted by Crippen LogP contribution is 2.47. The third kappa shape index (κ3) is 3.37. The molecule has 6 rings (SSSR count). The van der Waals surface area contributed by atoms with Crippen molar-refractivity contribution in [1.29, 1.82) is 0 Å². The van der Waals surface area contributed by atoms with Crippen molar-refractivity contribution in [2.45, 2.75) is 38.5 Å². The quantitative estimate of drug-likeness (QED) is 0.525. The van der Waals surface area contributed by atoms with Gasteiger partial charge >= 0.3 is 0 Å². The molecule has 30 heavy (non-hydrogen) atoms. The zero-order valence-corrected chi connectivity index (χ0v) is 17.0. The van der Waals surface area contributed by atoms with Crippen molar-refractivity contribution in [2.75, 3.05) is 6.61 Å². The first kappa shape index (κ1) is 18.9. The van der Waals surface area contributed by atoms with E-state index in [-0.39, 0.29) is 12.5 Å². The molecule has 154 valence electrons. The van der Waals surface area contributed by atoms with Crippen molar-refractivity contribution in [3.8, 4) is 0 Å². The summed E-state index contributed by atoms with van der Waals surface area (Å²) in [5, 5.41) is 17.8. The maximum absolute atomic E-state index is 10.6. The van der Waals surface area contributed by atoms with Crippen LogP contribution in [-0.4, -0.2) is 47.2 Å². The van der Waals surface area contributed by atoms with Gasteiger partial charge in [-0.15, -0.1) is 0 Å². The van der Waals surface area contributed by atoms with E-state index in [0.717, 1.165) is 47.8 Å². The minimum atomic E-state index is 0.181. The second-order valence-corrected chi connectivity index (χ2v) is 8.19. The molecule has 0 amide bonds. The van der Waals surface area contributed by atoms with E-state index in [1.54, 1.807) is 0 Å². The second-order valence-electron chi connectivity index (χ2n) is 8.19. The van der Waals surface area contributed by atoms with Gasteiger partial charge in [0.2, 0.25) is 0 Å². The Kier molecular flexibility index (Phi) is 4.58. The number of carbonyl (C=O) groups is 1. The number of aryl methyl sites for hydroxylation is 2. The maximum atomic E-state index is 10.6. The number of aliphatic hydroxyl groups excluding tert-OH is 1. The summed E-state index contributed by atoms with van der Waals surface area (Å²) >= 11 is 0. The number of carbonyl (C=O) groups excluding carboxylic acids is 1. The van der Waals surface area contributed by atoms with E-state index < -0.39 is 0 Å². The van der Waals surface area contributed by atoms with Crippen molar-refractivity contribution in [3.05, 3.63) is 59.4 Å². The fourth-order valence-electron chi connectivity index (χ4n) is 4.14. The summed E-state index contributed by atoms with van der Waals surface area (Å²) in [4.78, 5) is 19.3. The van der Waals surface area contributed by atoms with Crippen LogP contribution in [-0.2, 0) is 4.79 Å². The lowest BCUT2D eigenvalue weighted by atomic mass is 10.2. The zero-order valence-electron chi connectivity index (χ0n) is 17.0. The Morgan fingerprint density at radius 1 is 0.933 bits per heavy atom. The average molecular weight is 404 g/mol. The van der Waals surface area contributed by atoms with Gasteiger partial charge in [0.25, 0.3) is 0 Å². The average Bonchev–Trinajstić information content (AvgIpc) is 3.62. The van der Waals surface area contributed by atoms with E-state index in [2.05, 4.69) is 26.2 Å². The summed E-state index contributed by atoms with van der Waals surface area (Å²) < 4.78 is 3.75. The summed E-state index contributed by atoms with van der Waals surface area (Å²) in [6.45, 7) is 4.04. The molecular weight excluding hydrogens is 380 g/mol. The Bertz CT molecular complexity index is 1230. The summed E-state index contributed by atoms with van der Waals surface area (Å²) in [5.41, 5.74) is 4.03. The van der Waals surface area contributed by atoms with Crippen LogP contribution in [0.3, 0.4) is 0 Å². The molecule has 4 heterocycles. The Morgan fingerprint density at radius 2 is 1.50 bits per heavy atom. The lowest BCUT2D eigenvalue weighted by Crippen LogP contribution is -1.99. The molecule has 4 aromatic rings. The Hall–Kier alpha value is -3.13. The summed E-state index contributed by atoms with van der Waals surface area (Å²) in [6, 6.07) is 12.0. The van der Waals surface area contributed by atoms with Crippen LogP contribution in [0.2, 0.25) is 0 Å². The van der Waals surface area contributed by atoms with E-state index in [1.165, 1.54) is 5.69 Å². The van der Waals surface area contributed by atoms with Crippen LogP contribution >= 0.6 is 0 Å². The van der Waals surface area contributed by atoms with Gasteiger partial charge in [-0.3, -0.25) is 0 Å². The number of hydrogen-bond acceptors (Lipinski definition) is 6. The molecule has 8 nitrogen and oxygen atoms in total.